The molecule has 0 fully saturated rings. The molecule has 0 spiro atoms. The molecule has 0 aliphatic heterocycles. The molecule has 0 saturated heterocycles. The Morgan fingerprint density at radius 3 is 2.00 bits per heavy atom. The number of carbonyl (C=O) groups excluding carboxylic acids is 4. The molecule has 5 rings (SSSR count). The summed E-state index contributed by atoms with van der Waals surface area (Å²) in [6, 6.07) is 32.5. The Bertz CT molecular complexity index is 2200. The van der Waals surface area contributed by atoms with Crippen LogP contribution in [-0.4, -0.2) is 53.9 Å². The number of nitrogens with zero attached hydrogens (tertiary/aromatic N) is 1. The van der Waals surface area contributed by atoms with Crippen LogP contribution in [0.2, 0.25) is 0 Å². The lowest BCUT2D eigenvalue weighted by atomic mass is 9.94. The number of esters is 1. The second-order valence-electron chi connectivity index (χ2n) is 13.5. The average molecular weight is 785 g/mol. The molecule has 0 bridgehead atoms. The van der Waals surface area contributed by atoms with E-state index in [1.54, 1.807) is 55.5 Å². The number of nitrogens with one attached hydrogen (secondary N) is 4. The van der Waals surface area contributed by atoms with E-state index in [0.29, 0.717) is 35.4 Å². The number of aromatic nitrogens is 1. The molecule has 5 aromatic rings. The Hall–Kier alpha value is -7.02. The van der Waals surface area contributed by atoms with Crippen LogP contribution in [-0.2, 0) is 22.7 Å². The number of ether oxygens (including phenoxy) is 3. The van der Waals surface area contributed by atoms with E-state index in [2.05, 4.69) is 20.9 Å². The van der Waals surface area contributed by atoms with Crippen LogP contribution >= 0.6 is 0 Å². The lowest BCUT2D eigenvalue weighted by Gasteiger charge is -2.25. The standard InChI is InChI=1S/C45H48N6O7/c1-4-29(3)38(24-25-48-45(55)58-28-31-14-10-7-11-15-31)50-42(52)33-18-21-35(37(26-33)44(54)57-27-30-12-8-6-9-13-30)36-22-23-39(56-5-2)51-40(36)43(53)49-34-19-16-32(17-20-34)41(46)47/h6-23,26,29,38H,4-5,24-25,27-28H2,1-3H3,(H3,46,47)(H,48,55)(H,49,53)(H,50,52)/t29-,38-/m0/s1. The van der Waals surface area contributed by atoms with Crippen LogP contribution in [0.15, 0.2) is 115 Å². The molecular formula is C45H48N6O7. The number of alkyl carbamates (subject to hydrolysis) is 1. The minimum Gasteiger partial charge on any atom is -0.478 e. The maximum absolute atomic E-state index is 14.0. The summed E-state index contributed by atoms with van der Waals surface area (Å²) in [5, 5.41) is 16.3. The Morgan fingerprint density at radius 1 is 0.759 bits per heavy atom. The number of nitrogens with two attached hydrogens (primary N) is 1. The van der Waals surface area contributed by atoms with Gasteiger partial charge >= 0.3 is 12.1 Å². The number of hydrogen-bond donors (Lipinski definition) is 5. The molecule has 0 aliphatic rings. The molecule has 1 heterocycles. The van der Waals surface area contributed by atoms with Crippen LogP contribution in [0.3, 0.4) is 0 Å². The summed E-state index contributed by atoms with van der Waals surface area (Å²) in [5.74, 6) is -1.61. The third-order valence-corrected chi connectivity index (χ3v) is 9.42. The monoisotopic (exact) mass is 784 g/mol. The molecule has 4 aromatic carbocycles. The SMILES string of the molecule is CCOc1ccc(-c2ccc(C(=O)N[C@@H](CCNC(=O)OCc3ccccc3)[C@@H](C)CC)cc2C(=O)OCc2ccccc2)c(C(=O)Nc2ccc(C(=N)N)cc2)n1. The summed E-state index contributed by atoms with van der Waals surface area (Å²) in [6.07, 6.45) is 0.629. The summed E-state index contributed by atoms with van der Waals surface area (Å²) in [5.41, 5.74) is 8.93. The van der Waals surface area contributed by atoms with Crippen LogP contribution < -0.4 is 26.4 Å². The summed E-state index contributed by atoms with van der Waals surface area (Å²) < 4.78 is 16.7. The lowest BCUT2D eigenvalue weighted by Crippen LogP contribution is -2.42. The van der Waals surface area contributed by atoms with Crippen LogP contribution in [0.25, 0.3) is 11.1 Å². The molecule has 13 heteroatoms. The van der Waals surface area contributed by atoms with Crippen molar-refractivity contribution in [3.05, 3.63) is 149 Å². The predicted molar refractivity (Wildman–Crippen MR) is 222 cm³/mol. The van der Waals surface area contributed by atoms with E-state index < -0.39 is 23.9 Å². The van der Waals surface area contributed by atoms with E-state index in [9.17, 15) is 19.2 Å². The highest BCUT2D eigenvalue weighted by Gasteiger charge is 2.25. The second-order valence-corrected chi connectivity index (χ2v) is 13.5. The Balaban J connectivity index is 1.42. The lowest BCUT2D eigenvalue weighted by molar-refractivity contribution is 0.0473. The molecule has 0 aliphatic carbocycles. The van der Waals surface area contributed by atoms with Gasteiger partial charge < -0.3 is 35.9 Å². The van der Waals surface area contributed by atoms with Crippen molar-refractivity contribution in [3.63, 3.8) is 0 Å². The van der Waals surface area contributed by atoms with Crippen molar-refractivity contribution < 1.29 is 33.4 Å². The number of anilines is 1. The number of amidine groups is 1. The normalized spacial score (nSPS) is 11.7. The molecule has 13 nitrogen and oxygen atoms in total. The Labute approximate surface area is 337 Å². The quantitative estimate of drug-likeness (QED) is 0.0340. The van der Waals surface area contributed by atoms with Gasteiger partial charge in [0.2, 0.25) is 5.88 Å². The largest absolute Gasteiger partial charge is 0.478 e. The zero-order valence-electron chi connectivity index (χ0n) is 32.7. The van der Waals surface area contributed by atoms with Gasteiger partial charge in [0.05, 0.1) is 12.2 Å². The number of carbonyl (C=O) groups is 4. The zero-order valence-corrected chi connectivity index (χ0v) is 32.7. The Kier molecular flexibility index (Phi) is 15.1. The summed E-state index contributed by atoms with van der Waals surface area (Å²) in [6.45, 7) is 6.48. The molecule has 58 heavy (non-hydrogen) atoms. The molecular weight excluding hydrogens is 737 g/mol. The van der Waals surface area contributed by atoms with Crippen molar-refractivity contribution in [3.8, 4) is 17.0 Å². The van der Waals surface area contributed by atoms with E-state index in [4.69, 9.17) is 25.4 Å². The molecule has 300 valence electrons. The van der Waals surface area contributed by atoms with Gasteiger partial charge in [-0.1, -0.05) is 87.0 Å². The highest BCUT2D eigenvalue weighted by atomic mass is 16.5. The van der Waals surface area contributed by atoms with Crippen molar-refractivity contribution >= 4 is 35.4 Å². The van der Waals surface area contributed by atoms with E-state index in [0.717, 1.165) is 17.5 Å². The fraction of sp³-hybridized carbons (Fsp3) is 0.244. The molecule has 0 unspecified atom stereocenters. The number of amides is 3. The van der Waals surface area contributed by atoms with Gasteiger partial charge in [0.15, 0.2) is 0 Å². The second kappa shape index (κ2) is 20.8. The van der Waals surface area contributed by atoms with Crippen LogP contribution in [0.4, 0.5) is 10.5 Å². The highest BCUT2D eigenvalue weighted by molar-refractivity contribution is 6.10. The zero-order chi connectivity index (χ0) is 41.4. The first kappa shape index (κ1) is 42.1. The third-order valence-electron chi connectivity index (χ3n) is 9.42. The van der Waals surface area contributed by atoms with E-state index in [1.165, 1.54) is 6.07 Å². The van der Waals surface area contributed by atoms with Crippen LogP contribution in [0, 0.1) is 11.3 Å². The third kappa shape index (κ3) is 11.7. The van der Waals surface area contributed by atoms with Crippen molar-refractivity contribution in [2.24, 2.45) is 11.7 Å². The molecule has 6 N–H and O–H groups in total. The van der Waals surface area contributed by atoms with Gasteiger partial charge in [-0.05, 0) is 78.4 Å². The smallest absolute Gasteiger partial charge is 0.407 e. The summed E-state index contributed by atoms with van der Waals surface area (Å²) >= 11 is 0. The van der Waals surface area contributed by atoms with Crippen molar-refractivity contribution in [1.29, 1.82) is 5.41 Å². The maximum Gasteiger partial charge on any atom is 0.407 e. The van der Waals surface area contributed by atoms with Gasteiger partial charge in [-0.2, -0.15) is 0 Å². The molecule has 1 aromatic heterocycles. The number of nitrogen functional groups attached to an aromatic ring is 1. The van der Waals surface area contributed by atoms with Crippen LogP contribution in [0.1, 0.15) is 81.5 Å². The van der Waals surface area contributed by atoms with Crippen molar-refractivity contribution in [2.45, 2.75) is 52.9 Å². The van der Waals surface area contributed by atoms with E-state index in [-0.39, 0.29) is 60.3 Å². The fourth-order valence-electron chi connectivity index (χ4n) is 6.01. The van der Waals surface area contributed by atoms with Gasteiger partial charge in [0.1, 0.15) is 24.7 Å². The number of rotatable bonds is 18. The van der Waals surface area contributed by atoms with Gasteiger partial charge in [0, 0.05) is 41.0 Å². The highest BCUT2D eigenvalue weighted by Crippen LogP contribution is 2.31. The maximum atomic E-state index is 14.0. The van der Waals surface area contributed by atoms with Crippen molar-refractivity contribution in [1.82, 2.24) is 15.6 Å². The van der Waals surface area contributed by atoms with Gasteiger partial charge in [-0.15, -0.1) is 0 Å². The first-order chi connectivity index (χ1) is 28.1. The van der Waals surface area contributed by atoms with E-state index in [1.807, 2.05) is 74.5 Å². The average Bonchev–Trinajstić information content (AvgIpc) is 3.25. The molecule has 3 amide bonds. The number of pyridine rings is 1. The van der Waals surface area contributed by atoms with Gasteiger partial charge in [0.25, 0.3) is 11.8 Å². The first-order valence-electron chi connectivity index (χ1n) is 19.1. The van der Waals surface area contributed by atoms with Gasteiger partial charge in [-0.25, -0.2) is 14.6 Å². The minimum atomic E-state index is -0.717. The molecule has 2 atom stereocenters. The fourth-order valence-corrected chi connectivity index (χ4v) is 6.01. The molecule has 0 radical (unpaired) electrons. The topological polar surface area (TPSA) is 195 Å². The van der Waals surface area contributed by atoms with Crippen molar-refractivity contribution in [2.75, 3.05) is 18.5 Å². The Morgan fingerprint density at radius 2 is 1.38 bits per heavy atom. The van der Waals surface area contributed by atoms with Crippen LogP contribution in [0.5, 0.6) is 5.88 Å². The van der Waals surface area contributed by atoms with Gasteiger partial charge in [-0.3, -0.25) is 15.0 Å². The number of hydrogen-bond acceptors (Lipinski definition) is 9. The predicted octanol–water partition coefficient (Wildman–Crippen LogP) is 7.50. The molecule has 0 saturated carbocycles. The number of benzene rings is 4. The first-order valence-corrected chi connectivity index (χ1v) is 19.1. The summed E-state index contributed by atoms with van der Waals surface area (Å²) in [7, 11) is 0. The summed E-state index contributed by atoms with van der Waals surface area (Å²) in [4.78, 5) is 58.7. The minimum absolute atomic E-state index is 0.0302. The van der Waals surface area contributed by atoms with E-state index >= 15 is 0 Å².